The van der Waals surface area contributed by atoms with E-state index in [0.717, 1.165) is 16.7 Å². The van der Waals surface area contributed by atoms with Crippen LogP contribution >= 0.6 is 11.6 Å². The summed E-state index contributed by atoms with van der Waals surface area (Å²) in [6.07, 6.45) is 2.99. The predicted octanol–water partition coefficient (Wildman–Crippen LogP) is 4.61. The minimum Gasteiger partial charge on any atom is -0.350 e. The molecule has 0 spiro atoms. The van der Waals surface area contributed by atoms with Crippen LogP contribution in [0.5, 0.6) is 0 Å². The van der Waals surface area contributed by atoms with Crippen LogP contribution in [-0.2, 0) is 6.54 Å². The molecule has 5 nitrogen and oxygen atoms in total. The Balaban J connectivity index is 1.66. The molecule has 132 valence electrons. The third kappa shape index (κ3) is 4.37. The van der Waals surface area contributed by atoms with Crippen molar-refractivity contribution in [3.8, 4) is 0 Å². The van der Waals surface area contributed by atoms with Gasteiger partial charge in [-0.2, -0.15) is 0 Å². The lowest BCUT2D eigenvalue weighted by Crippen LogP contribution is -2.14. The molecule has 0 saturated carbocycles. The quantitative estimate of drug-likeness (QED) is 0.691. The van der Waals surface area contributed by atoms with E-state index in [2.05, 4.69) is 20.6 Å². The van der Waals surface area contributed by atoms with Gasteiger partial charge in [-0.3, -0.25) is 4.79 Å². The van der Waals surface area contributed by atoms with Gasteiger partial charge < -0.3 is 10.6 Å². The highest BCUT2D eigenvalue weighted by Gasteiger charge is 2.12. The number of anilines is 2. The van der Waals surface area contributed by atoms with E-state index < -0.39 is 0 Å². The van der Waals surface area contributed by atoms with E-state index in [1.165, 1.54) is 12.4 Å². The molecule has 2 aromatic carbocycles. The largest absolute Gasteiger partial charge is 0.350 e. The first kappa shape index (κ1) is 17.9. The van der Waals surface area contributed by atoms with Gasteiger partial charge in [0, 0.05) is 18.9 Å². The zero-order chi connectivity index (χ0) is 18.5. The van der Waals surface area contributed by atoms with Crippen molar-refractivity contribution in [2.75, 3.05) is 10.6 Å². The summed E-state index contributed by atoms with van der Waals surface area (Å²) in [6.45, 7) is 4.48. The highest BCUT2D eigenvalue weighted by Crippen LogP contribution is 2.27. The molecule has 26 heavy (non-hydrogen) atoms. The van der Waals surface area contributed by atoms with Gasteiger partial charge in [-0.15, -0.1) is 0 Å². The van der Waals surface area contributed by atoms with Crippen molar-refractivity contribution in [1.82, 2.24) is 9.97 Å². The molecule has 1 aromatic heterocycles. The molecule has 6 heteroatoms. The molecular formula is C20H19ClN4O. The Morgan fingerprint density at radius 3 is 2.42 bits per heavy atom. The first-order valence-corrected chi connectivity index (χ1v) is 8.58. The summed E-state index contributed by atoms with van der Waals surface area (Å²) in [7, 11) is 0. The maximum Gasteiger partial charge on any atom is 0.258 e. The van der Waals surface area contributed by atoms with Crippen LogP contribution in [0.3, 0.4) is 0 Å². The molecule has 0 fully saturated rings. The minimum absolute atomic E-state index is 0.298. The number of nitrogens with zero attached hydrogens (tertiary/aromatic N) is 2. The lowest BCUT2D eigenvalue weighted by atomic mass is 10.1. The number of amides is 1. The van der Waals surface area contributed by atoms with Crippen molar-refractivity contribution in [2.24, 2.45) is 0 Å². The number of hydrogen-bond donors (Lipinski definition) is 2. The lowest BCUT2D eigenvalue weighted by Gasteiger charge is -2.11. The maximum absolute atomic E-state index is 12.4. The van der Waals surface area contributed by atoms with Crippen LogP contribution in [0.4, 0.5) is 11.6 Å². The Kier molecular flexibility index (Phi) is 5.49. The number of aromatic nitrogens is 2. The molecule has 0 saturated heterocycles. The molecule has 1 heterocycles. The number of nitrogens with one attached hydrogen (secondary N) is 2. The van der Waals surface area contributed by atoms with Gasteiger partial charge in [-0.05, 0) is 36.6 Å². The summed E-state index contributed by atoms with van der Waals surface area (Å²) in [5.41, 5.74) is 4.05. The van der Waals surface area contributed by atoms with Crippen LogP contribution in [0.15, 0.2) is 54.9 Å². The number of carbonyl (C=O) groups excluding carboxylic acids is 1. The SMILES string of the molecule is Cc1cc(C)c(NC(=O)c2cnc(NCc3ccccc3)nc2)c(Cl)c1. The molecule has 2 N–H and O–H groups in total. The van der Waals surface area contributed by atoms with Gasteiger partial charge in [0.2, 0.25) is 5.95 Å². The van der Waals surface area contributed by atoms with Gasteiger partial charge >= 0.3 is 0 Å². The third-order valence-electron chi connectivity index (χ3n) is 3.88. The highest BCUT2D eigenvalue weighted by atomic mass is 35.5. The Hall–Kier alpha value is -2.92. The maximum atomic E-state index is 12.4. The molecule has 0 bridgehead atoms. The first-order chi connectivity index (χ1) is 12.5. The Labute approximate surface area is 157 Å². The number of aryl methyl sites for hydroxylation is 2. The second-order valence-electron chi connectivity index (χ2n) is 6.03. The average Bonchev–Trinajstić information content (AvgIpc) is 2.64. The summed E-state index contributed by atoms with van der Waals surface area (Å²) < 4.78 is 0. The Morgan fingerprint density at radius 1 is 1.08 bits per heavy atom. The summed E-state index contributed by atoms with van der Waals surface area (Å²) >= 11 is 6.24. The zero-order valence-electron chi connectivity index (χ0n) is 14.6. The van der Waals surface area contributed by atoms with E-state index >= 15 is 0 Å². The number of carbonyl (C=O) groups is 1. The van der Waals surface area contributed by atoms with Crippen LogP contribution < -0.4 is 10.6 Å². The van der Waals surface area contributed by atoms with Crippen LogP contribution in [0, 0.1) is 13.8 Å². The lowest BCUT2D eigenvalue weighted by molar-refractivity contribution is 0.102. The average molecular weight is 367 g/mol. The fourth-order valence-corrected chi connectivity index (χ4v) is 2.94. The normalized spacial score (nSPS) is 10.4. The van der Waals surface area contributed by atoms with Gasteiger partial charge in [-0.25, -0.2) is 9.97 Å². The van der Waals surface area contributed by atoms with Crippen LogP contribution in [0.2, 0.25) is 5.02 Å². The molecule has 0 aliphatic carbocycles. The van der Waals surface area contributed by atoms with Crippen LogP contribution in [0.1, 0.15) is 27.0 Å². The van der Waals surface area contributed by atoms with Crippen molar-refractivity contribution in [3.63, 3.8) is 0 Å². The molecule has 1 amide bonds. The second kappa shape index (κ2) is 7.97. The van der Waals surface area contributed by atoms with E-state index in [-0.39, 0.29) is 5.91 Å². The molecule has 3 rings (SSSR count). The Morgan fingerprint density at radius 2 is 1.77 bits per heavy atom. The van der Waals surface area contributed by atoms with Crippen molar-refractivity contribution < 1.29 is 4.79 Å². The number of halogens is 1. The number of hydrogen-bond acceptors (Lipinski definition) is 4. The van der Waals surface area contributed by atoms with Gasteiger partial charge in [0.15, 0.2) is 0 Å². The summed E-state index contributed by atoms with van der Waals surface area (Å²) in [6, 6.07) is 13.7. The second-order valence-corrected chi connectivity index (χ2v) is 6.43. The van der Waals surface area contributed by atoms with E-state index in [4.69, 9.17) is 11.6 Å². The predicted molar refractivity (Wildman–Crippen MR) is 105 cm³/mol. The van der Waals surface area contributed by atoms with Gasteiger partial charge in [0.1, 0.15) is 0 Å². The monoisotopic (exact) mass is 366 g/mol. The molecule has 0 aliphatic heterocycles. The molecule has 0 aliphatic rings. The molecule has 3 aromatic rings. The van der Waals surface area contributed by atoms with Gasteiger partial charge in [0.25, 0.3) is 5.91 Å². The highest BCUT2D eigenvalue weighted by molar-refractivity contribution is 6.34. The van der Waals surface area contributed by atoms with Crippen LogP contribution in [0.25, 0.3) is 0 Å². The summed E-state index contributed by atoms with van der Waals surface area (Å²) in [4.78, 5) is 20.8. The molecule has 0 unspecified atom stereocenters. The third-order valence-corrected chi connectivity index (χ3v) is 4.18. The molecule has 0 radical (unpaired) electrons. The van der Waals surface area contributed by atoms with E-state index in [1.807, 2.05) is 56.3 Å². The minimum atomic E-state index is -0.298. The summed E-state index contributed by atoms with van der Waals surface area (Å²) in [5, 5.41) is 6.47. The van der Waals surface area contributed by atoms with E-state index in [1.54, 1.807) is 0 Å². The zero-order valence-corrected chi connectivity index (χ0v) is 15.3. The number of benzene rings is 2. The fraction of sp³-hybridized carbons (Fsp3) is 0.150. The first-order valence-electron chi connectivity index (χ1n) is 8.21. The molecular weight excluding hydrogens is 348 g/mol. The fourth-order valence-electron chi connectivity index (χ4n) is 2.57. The Bertz CT molecular complexity index is 888. The molecule has 0 atom stereocenters. The number of rotatable bonds is 5. The summed E-state index contributed by atoms with van der Waals surface area (Å²) in [5.74, 6) is 0.170. The van der Waals surface area contributed by atoms with Gasteiger partial charge in [0.05, 0.1) is 16.3 Å². The standard InChI is InChI=1S/C20H19ClN4O/c1-13-8-14(2)18(17(21)9-13)25-19(26)16-11-23-20(24-12-16)22-10-15-6-4-3-5-7-15/h3-9,11-12H,10H2,1-2H3,(H,25,26)(H,22,23,24). The van der Waals surface area contributed by atoms with Crippen molar-refractivity contribution >= 4 is 29.1 Å². The van der Waals surface area contributed by atoms with Crippen molar-refractivity contribution in [1.29, 1.82) is 0 Å². The van der Waals surface area contributed by atoms with Crippen molar-refractivity contribution in [3.05, 3.63) is 82.1 Å². The topological polar surface area (TPSA) is 66.9 Å². The van der Waals surface area contributed by atoms with Gasteiger partial charge in [-0.1, -0.05) is 48.0 Å². The van der Waals surface area contributed by atoms with Crippen LogP contribution in [-0.4, -0.2) is 15.9 Å². The van der Waals surface area contributed by atoms with E-state index in [0.29, 0.717) is 28.8 Å². The smallest absolute Gasteiger partial charge is 0.258 e. The van der Waals surface area contributed by atoms with Crippen molar-refractivity contribution in [2.45, 2.75) is 20.4 Å². The van der Waals surface area contributed by atoms with E-state index in [9.17, 15) is 4.79 Å².